The third-order valence-corrected chi connectivity index (χ3v) is 3.70. The average molecular weight is 250 g/mol. The van der Waals surface area contributed by atoms with Crippen molar-refractivity contribution in [3.63, 3.8) is 0 Å². The van der Waals surface area contributed by atoms with Crippen molar-refractivity contribution < 1.29 is 9.53 Å². The first-order valence-electron chi connectivity index (χ1n) is 5.43. The van der Waals surface area contributed by atoms with E-state index >= 15 is 0 Å². The van der Waals surface area contributed by atoms with Gasteiger partial charge in [0.05, 0.1) is 18.0 Å². The van der Waals surface area contributed by atoms with Crippen LogP contribution < -0.4 is 10.1 Å². The van der Waals surface area contributed by atoms with Crippen LogP contribution in [0.15, 0.2) is 29.3 Å². The molecule has 1 amide bonds. The van der Waals surface area contributed by atoms with Gasteiger partial charge in [-0.3, -0.25) is 4.79 Å². The number of carbonyl (C=O) groups excluding carboxylic acids is 1. The standard InChI is InChI=1S/C12H14N2O2S/c1-3-10-11(15)14-12(17-10)13-8-4-6-9(16-2)7-5-8/h4-7,10H,3H2,1-2H3,(H,13,14,15). The van der Waals surface area contributed by atoms with Crippen LogP contribution in [0.5, 0.6) is 5.75 Å². The van der Waals surface area contributed by atoms with E-state index in [1.54, 1.807) is 7.11 Å². The van der Waals surface area contributed by atoms with Crippen LogP contribution in [0.25, 0.3) is 0 Å². The molecule has 1 N–H and O–H groups in total. The number of amides is 1. The maximum absolute atomic E-state index is 11.5. The largest absolute Gasteiger partial charge is 0.497 e. The predicted molar refractivity (Wildman–Crippen MR) is 69.9 cm³/mol. The number of thioether (sulfide) groups is 1. The molecular weight excluding hydrogens is 236 g/mol. The molecular formula is C12H14N2O2S. The minimum absolute atomic E-state index is 0.00741. The third kappa shape index (κ3) is 2.79. The molecule has 17 heavy (non-hydrogen) atoms. The molecule has 1 heterocycles. The Hall–Kier alpha value is -1.49. The van der Waals surface area contributed by atoms with Gasteiger partial charge in [-0.1, -0.05) is 18.7 Å². The molecule has 1 fully saturated rings. The summed E-state index contributed by atoms with van der Waals surface area (Å²) in [6.45, 7) is 1.99. The van der Waals surface area contributed by atoms with Gasteiger partial charge in [0.1, 0.15) is 5.75 Å². The lowest BCUT2D eigenvalue weighted by molar-refractivity contribution is -0.118. The van der Waals surface area contributed by atoms with E-state index in [1.807, 2.05) is 31.2 Å². The molecule has 0 spiro atoms. The van der Waals surface area contributed by atoms with Crippen LogP contribution in [0, 0.1) is 0 Å². The van der Waals surface area contributed by atoms with E-state index in [4.69, 9.17) is 4.74 Å². The van der Waals surface area contributed by atoms with Crippen molar-refractivity contribution in [2.75, 3.05) is 7.11 Å². The van der Waals surface area contributed by atoms with Crippen LogP contribution in [0.3, 0.4) is 0 Å². The monoisotopic (exact) mass is 250 g/mol. The van der Waals surface area contributed by atoms with Crippen molar-refractivity contribution in [3.05, 3.63) is 24.3 Å². The number of benzene rings is 1. The van der Waals surface area contributed by atoms with Gasteiger partial charge < -0.3 is 10.1 Å². The quantitative estimate of drug-likeness (QED) is 0.895. The van der Waals surface area contributed by atoms with Crippen molar-refractivity contribution in [1.82, 2.24) is 5.32 Å². The molecule has 5 heteroatoms. The van der Waals surface area contributed by atoms with E-state index in [2.05, 4.69) is 10.3 Å². The van der Waals surface area contributed by atoms with Crippen LogP contribution in [0.1, 0.15) is 13.3 Å². The van der Waals surface area contributed by atoms with E-state index in [0.717, 1.165) is 17.9 Å². The van der Waals surface area contributed by atoms with Crippen LogP contribution in [-0.4, -0.2) is 23.4 Å². The second-order valence-corrected chi connectivity index (χ2v) is 4.81. The highest BCUT2D eigenvalue weighted by atomic mass is 32.2. The van der Waals surface area contributed by atoms with Crippen molar-refractivity contribution in [2.45, 2.75) is 18.6 Å². The Kier molecular flexibility index (Phi) is 3.68. The second-order valence-electron chi connectivity index (χ2n) is 3.62. The predicted octanol–water partition coefficient (Wildman–Crippen LogP) is 2.32. The molecule has 0 aromatic heterocycles. The van der Waals surface area contributed by atoms with E-state index in [0.29, 0.717) is 5.17 Å². The normalized spacial score (nSPS) is 21.6. The molecule has 1 aromatic carbocycles. The molecule has 1 atom stereocenters. The van der Waals surface area contributed by atoms with Gasteiger partial charge in [0.25, 0.3) is 0 Å². The average Bonchev–Trinajstić information content (AvgIpc) is 2.70. The summed E-state index contributed by atoms with van der Waals surface area (Å²) in [6.07, 6.45) is 0.818. The number of methoxy groups -OCH3 is 1. The Labute approximate surface area is 104 Å². The lowest BCUT2D eigenvalue weighted by Crippen LogP contribution is -2.24. The van der Waals surface area contributed by atoms with Gasteiger partial charge in [-0.05, 0) is 30.7 Å². The van der Waals surface area contributed by atoms with Crippen LogP contribution in [0.2, 0.25) is 0 Å². The Balaban J connectivity index is 2.11. The van der Waals surface area contributed by atoms with Gasteiger partial charge >= 0.3 is 0 Å². The summed E-state index contributed by atoms with van der Waals surface area (Å²) in [5.74, 6) is 0.841. The number of nitrogens with one attached hydrogen (secondary N) is 1. The van der Waals surface area contributed by atoms with Crippen LogP contribution >= 0.6 is 11.8 Å². The first kappa shape index (κ1) is 12.0. The number of amidine groups is 1. The third-order valence-electron chi connectivity index (χ3n) is 2.45. The molecule has 0 radical (unpaired) electrons. The van der Waals surface area contributed by atoms with Crippen molar-refractivity contribution in [1.29, 1.82) is 0 Å². The minimum Gasteiger partial charge on any atom is -0.497 e. The highest BCUT2D eigenvalue weighted by Crippen LogP contribution is 2.25. The van der Waals surface area contributed by atoms with Gasteiger partial charge in [0, 0.05) is 0 Å². The molecule has 1 aromatic rings. The Morgan fingerprint density at radius 1 is 1.41 bits per heavy atom. The van der Waals surface area contributed by atoms with Gasteiger partial charge in [-0.25, -0.2) is 4.99 Å². The number of aliphatic imine (C=N–C) groups is 1. The SMILES string of the molecule is CCC1SC(=Nc2ccc(OC)cc2)NC1=O. The summed E-state index contributed by atoms with van der Waals surface area (Å²) >= 11 is 1.48. The van der Waals surface area contributed by atoms with Gasteiger partial charge in [0.2, 0.25) is 5.91 Å². The molecule has 2 rings (SSSR count). The summed E-state index contributed by atoms with van der Waals surface area (Å²) in [4.78, 5) is 15.8. The van der Waals surface area contributed by atoms with Gasteiger partial charge in [0.15, 0.2) is 5.17 Å². The first-order valence-corrected chi connectivity index (χ1v) is 6.31. The van der Waals surface area contributed by atoms with E-state index < -0.39 is 0 Å². The smallest absolute Gasteiger partial charge is 0.239 e. The summed E-state index contributed by atoms with van der Waals surface area (Å²) in [5.41, 5.74) is 0.811. The summed E-state index contributed by atoms with van der Waals surface area (Å²) in [7, 11) is 1.62. The molecule has 1 aliphatic rings. The number of hydrogen-bond acceptors (Lipinski definition) is 4. The van der Waals surface area contributed by atoms with Gasteiger partial charge in [-0.2, -0.15) is 0 Å². The number of nitrogens with zero attached hydrogens (tertiary/aromatic N) is 1. The fraction of sp³-hybridized carbons (Fsp3) is 0.333. The zero-order chi connectivity index (χ0) is 12.3. The lowest BCUT2D eigenvalue weighted by atomic mass is 10.3. The molecule has 1 unspecified atom stereocenters. The van der Waals surface area contributed by atoms with Crippen LogP contribution in [-0.2, 0) is 4.79 Å². The summed E-state index contributed by atoms with van der Waals surface area (Å²) in [6, 6.07) is 7.41. The van der Waals surface area contributed by atoms with Gasteiger partial charge in [-0.15, -0.1) is 0 Å². The number of hydrogen-bond donors (Lipinski definition) is 1. The molecule has 0 bridgehead atoms. The minimum atomic E-state index is -0.00741. The molecule has 1 aliphatic heterocycles. The first-order chi connectivity index (χ1) is 8.22. The maximum atomic E-state index is 11.5. The zero-order valence-electron chi connectivity index (χ0n) is 9.77. The zero-order valence-corrected chi connectivity index (χ0v) is 10.6. The molecule has 0 aliphatic carbocycles. The fourth-order valence-corrected chi connectivity index (χ4v) is 2.42. The second kappa shape index (κ2) is 5.23. The van der Waals surface area contributed by atoms with Crippen molar-refractivity contribution in [3.8, 4) is 5.75 Å². The Morgan fingerprint density at radius 3 is 2.65 bits per heavy atom. The summed E-state index contributed by atoms with van der Waals surface area (Å²) < 4.78 is 5.07. The molecule has 90 valence electrons. The van der Waals surface area contributed by atoms with Crippen molar-refractivity contribution in [2.24, 2.45) is 4.99 Å². The fourth-order valence-electron chi connectivity index (χ4n) is 1.50. The Bertz CT molecular complexity index is 442. The van der Waals surface area contributed by atoms with E-state index in [-0.39, 0.29) is 11.2 Å². The lowest BCUT2D eigenvalue weighted by Gasteiger charge is -2.00. The van der Waals surface area contributed by atoms with E-state index in [1.165, 1.54) is 11.8 Å². The van der Waals surface area contributed by atoms with E-state index in [9.17, 15) is 4.79 Å². The molecule has 4 nitrogen and oxygen atoms in total. The Morgan fingerprint density at radius 2 is 2.12 bits per heavy atom. The highest BCUT2D eigenvalue weighted by Gasteiger charge is 2.28. The number of rotatable bonds is 3. The highest BCUT2D eigenvalue weighted by molar-refractivity contribution is 8.15. The van der Waals surface area contributed by atoms with Crippen LogP contribution in [0.4, 0.5) is 5.69 Å². The number of ether oxygens (including phenoxy) is 1. The number of carbonyl (C=O) groups is 1. The molecule has 0 saturated carbocycles. The molecule has 1 saturated heterocycles. The topological polar surface area (TPSA) is 50.7 Å². The summed E-state index contributed by atoms with van der Waals surface area (Å²) in [5, 5.41) is 3.44. The van der Waals surface area contributed by atoms with Crippen molar-refractivity contribution >= 4 is 28.5 Å². The maximum Gasteiger partial charge on any atom is 0.239 e.